The maximum atomic E-state index is 13.3. The second-order valence-corrected chi connectivity index (χ2v) is 7.73. The molecule has 0 saturated heterocycles. The van der Waals surface area contributed by atoms with E-state index in [9.17, 15) is 18.3 Å². The summed E-state index contributed by atoms with van der Waals surface area (Å²) in [5, 5.41) is 9.84. The summed E-state index contributed by atoms with van der Waals surface area (Å²) in [4.78, 5) is 1.99. The molecule has 1 N–H and O–H groups in total. The van der Waals surface area contributed by atoms with E-state index in [1.54, 1.807) is 24.3 Å². The van der Waals surface area contributed by atoms with Crippen molar-refractivity contribution >= 4 is 5.69 Å². The van der Waals surface area contributed by atoms with Gasteiger partial charge in [0.25, 0.3) is 0 Å². The average Bonchev–Trinajstić information content (AvgIpc) is 2.72. The zero-order valence-corrected chi connectivity index (χ0v) is 16.6. The molecular formula is C24H22F3NO2. The Hall–Kier alpha value is -3.15. The zero-order valence-electron chi connectivity index (χ0n) is 16.6. The predicted molar refractivity (Wildman–Crippen MR) is 110 cm³/mol. The summed E-state index contributed by atoms with van der Waals surface area (Å²) in [5.74, 6) is 0.150. The van der Waals surface area contributed by atoms with Crippen molar-refractivity contribution in [2.45, 2.75) is 18.0 Å². The molecule has 0 fully saturated rings. The van der Waals surface area contributed by atoms with Gasteiger partial charge in [-0.05, 0) is 35.4 Å². The molecule has 2 unspecified atom stereocenters. The number of fused-ring (bicyclic) bond motifs is 1. The second kappa shape index (κ2) is 7.59. The number of phenols is 1. The van der Waals surface area contributed by atoms with Gasteiger partial charge in [0.2, 0.25) is 0 Å². The lowest BCUT2D eigenvalue weighted by molar-refractivity contribution is -0.137. The standard InChI is InChI=1S/C24H22F3NO2/c1-28(2)18-8-6-15(7-9-18)23-20-11-10-19(29)13-22(20)30-14-21(23)16-4-3-5-17(12-16)24(25,26)27/h3-13,21,23,29H,14H2,1-2H3. The fourth-order valence-electron chi connectivity index (χ4n) is 4.02. The monoisotopic (exact) mass is 413 g/mol. The van der Waals surface area contributed by atoms with Crippen LogP contribution >= 0.6 is 0 Å². The highest BCUT2D eigenvalue weighted by Gasteiger charge is 2.36. The molecule has 3 aromatic carbocycles. The number of alkyl halides is 3. The molecule has 0 aromatic heterocycles. The fraction of sp³-hybridized carbons (Fsp3) is 0.250. The van der Waals surface area contributed by atoms with Crippen molar-refractivity contribution in [1.29, 1.82) is 0 Å². The number of rotatable bonds is 3. The van der Waals surface area contributed by atoms with Crippen LogP contribution in [-0.4, -0.2) is 25.8 Å². The van der Waals surface area contributed by atoms with Crippen molar-refractivity contribution < 1.29 is 23.0 Å². The number of phenolic OH excluding ortho intramolecular Hbond substituents is 1. The van der Waals surface area contributed by atoms with Crippen LogP contribution in [0.3, 0.4) is 0 Å². The highest BCUT2D eigenvalue weighted by atomic mass is 19.4. The topological polar surface area (TPSA) is 32.7 Å². The Bertz CT molecular complexity index is 1050. The zero-order chi connectivity index (χ0) is 21.5. The highest BCUT2D eigenvalue weighted by Crippen LogP contribution is 2.47. The number of aromatic hydroxyl groups is 1. The molecule has 0 bridgehead atoms. The average molecular weight is 413 g/mol. The molecule has 3 nitrogen and oxygen atoms in total. The van der Waals surface area contributed by atoms with Crippen molar-refractivity contribution in [2.75, 3.05) is 25.6 Å². The van der Waals surface area contributed by atoms with Crippen LogP contribution in [0.5, 0.6) is 11.5 Å². The Labute approximate surface area is 173 Å². The first-order chi connectivity index (χ1) is 14.2. The van der Waals surface area contributed by atoms with Gasteiger partial charge in [-0.2, -0.15) is 13.2 Å². The number of benzene rings is 3. The Balaban J connectivity index is 1.82. The largest absolute Gasteiger partial charge is 0.508 e. The second-order valence-electron chi connectivity index (χ2n) is 7.73. The molecule has 1 heterocycles. The first kappa shape index (κ1) is 20.1. The van der Waals surface area contributed by atoms with Crippen molar-refractivity contribution in [1.82, 2.24) is 0 Å². The van der Waals surface area contributed by atoms with Gasteiger partial charge < -0.3 is 14.7 Å². The summed E-state index contributed by atoms with van der Waals surface area (Å²) in [5.41, 5.74) is 2.77. The van der Waals surface area contributed by atoms with E-state index in [1.807, 2.05) is 43.3 Å². The molecule has 156 valence electrons. The van der Waals surface area contributed by atoms with E-state index in [4.69, 9.17) is 4.74 Å². The number of halogens is 3. The molecule has 30 heavy (non-hydrogen) atoms. The Morgan fingerprint density at radius 2 is 1.67 bits per heavy atom. The summed E-state index contributed by atoms with van der Waals surface area (Å²) < 4.78 is 45.7. The molecule has 3 aromatic rings. The number of hydrogen-bond donors (Lipinski definition) is 1. The molecule has 6 heteroatoms. The first-order valence-electron chi connectivity index (χ1n) is 9.64. The van der Waals surface area contributed by atoms with Crippen molar-refractivity contribution in [3.8, 4) is 11.5 Å². The third-order valence-corrected chi connectivity index (χ3v) is 5.56. The molecule has 1 aliphatic heterocycles. The molecule has 0 spiro atoms. The van der Waals surface area contributed by atoms with Gasteiger partial charge in [-0.1, -0.05) is 36.4 Å². The van der Waals surface area contributed by atoms with Crippen LogP contribution in [-0.2, 0) is 6.18 Å². The Kier molecular flexibility index (Phi) is 5.10. The van der Waals surface area contributed by atoms with Crippen molar-refractivity contribution in [2.24, 2.45) is 0 Å². The molecule has 1 aliphatic rings. The molecule has 0 saturated carbocycles. The van der Waals surface area contributed by atoms with Crippen LogP contribution < -0.4 is 9.64 Å². The van der Waals surface area contributed by atoms with Gasteiger partial charge in [0, 0.05) is 43.2 Å². The quantitative estimate of drug-likeness (QED) is 0.590. The summed E-state index contributed by atoms with van der Waals surface area (Å²) in [6, 6.07) is 18.4. The number of ether oxygens (including phenoxy) is 1. The summed E-state index contributed by atoms with van der Waals surface area (Å²) in [7, 11) is 3.90. The molecule has 4 rings (SSSR count). The first-order valence-corrected chi connectivity index (χ1v) is 9.64. The van der Waals surface area contributed by atoms with Crippen molar-refractivity contribution in [3.05, 3.63) is 89.0 Å². The smallest absolute Gasteiger partial charge is 0.416 e. The lowest BCUT2D eigenvalue weighted by Crippen LogP contribution is -2.25. The SMILES string of the molecule is CN(C)c1ccc(C2c3ccc(O)cc3OCC2c2cccc(C(F)(F)F)c2)cc1. The van der Waals surface area contributed by atoms with E-state index in [1.165, 1.54) is 12.1 Å². The summed E-state index contributed by atoms with van der Waals surface area (Å²) in [6.45, 7) is 0.220. The minimum Gasteiger partial charge on any atom is -0.508 e. The van der Waals surface area contributed by atoms with Crippen LogP contribution in [0.15, 0.2) is 66.7 Å². The van der Waals surface area contributed by atoms with Crippen LogP contribution in [0.25, 0.3) is 0 Å². The third kappa shape index (κ3) is 3.82. The van der Waals surface area contributed by atoms with E-state index in [0.29, 0.717) is 11.3 Å². The molecule has 0 amide bonds. The maximum absolute atomic E-state index is 13.3. The minimum absolute atomic E-state index is 0.0907. The van der Waals surface area contributed by atoms with E-state index < -0.39 is 11.7 Å². The Morgan fingerprint density at radius 3 is 2.33 bits per heavy atom. The van der Waals surface area contributed by atoms with Crippen LogP contribution in [0.2, 0.25) is 0 Å². The molecule has 2 atom stereocenters. The van der Waals surface area contributed by atoms with Crippen LogP contribution in [0.4, 0.5) is 18.9 Å². The summed E-state index contributed by atoms with van der Waals surface area (Å²) in [6.07, 6.45) is -4.40. The molecule has 0 radical (unpaired) electrons. The lowest BCUT2D eigenvalue weighted by Gasteiger charge is -2.35. The number of anilines is 1. The van der Waals surface area contributed by atoms with Gasteiger partial charge in [-0.3, -0.25) is 0 Å². The van der Waals surface area contributed by atoms with E-state index in [2.05, 4.69) is 0 Å². The summed E-state index contributed by atoms with van der Waals surface area (Å²) >= 11 is 0. The van der Waals surface area contributed by atoms with Gasteiger partial charge in [0.05, 0.1) is 12.2 Å². The van der Waals surface area contributed by atoms with Gasteiger partial charge in [0.1, 0.15) is 11.5 Å². The van der Waals surface area contributed by atoms with Gasteiger partial charge >= 0.3 is 6.18 Å². The molecule has 0 aliphatic carbocycles. The van der Waals surface area contributed by atoms with Gasteiger partial charge in [-0.25, -0.2) is 0 Å². The maximum Gasteiger partial charge on any atom is 0.416 e. The van der Waals surface area contributed by atoms with Crippen LogP contribution in [0.1, 0.15) is 34.1 Å². The van der Waals surface area contributed by atoms with Crippen molar-refractivity contribution in [3.63, 3.8) is 0 Å². The predicted octanol–water partition coefficient (Wildman–Crippen LogP) is 5.79. The lowest BCUT2D eigenvalue weighted by atomic mass is 9.75. The van der Waals surface area contributed by atoms with Crippen LogP contribution in [0, 0.1) is 0 Å². The third-order valence-electron chi connectivity index (χ3n) is 5.56. The normalized spacial score (nSPS) is 18.4. The van der Waals surface area contributed by atoms with E-state index in [0.717, 1.165) is 22.9 Å². The van der Waals surface area contributed by atoms with Gasteiger partial charge in [0.15, 0.2) is 0 Å². The molecular weight excluding hydrogens is 391 g/mol. The van der Waals surface area contributed by atoms with E-state index in [-0.39, 0.29) is 24.2 Å². The minimum atomic E-state index is -4.40. The number of nitrogens with zero attached hydrogens (tertiary/aromatic N) is 1. The van der Waals surface area contributed by atoms with E-state index >= 15 is 0 Å². The Morgan fingerprint density at radius 1 is 0.933 bits per heavy atom. The van der Waals surface area contributed by atoms with Gasteiger partial charge in [-0.15, -0.1) is 0 Å². The fourth-order valence-corrected chi connectivity index (χ4v) is 4.02. The number of hydrogen-bond acceptors (Lipinski definition) is 3. The highest BCUT2D eigenvalue weighted by molar-refractivity contribution is 5.53.